The fourth-order valence-corrected chi connectivity index (χ4v) is 2.82. The number of carbonyl (C=O) groups is 2. The lowest BCUT2D eigenvalue weighted by atomic mass is 10.0. The Hall–Kier alpha value is -1.85. The van der Waals surface area contributed by atoms with Crippen molar-refractivity contribution in [2.45, 2.75) is 25.4 Å². The normalized spacial score (nSPS) is 19.5. The van der Waals surface area contributed by atoms with Crippen molar-refractivity contribution in [3.8, 4) is 0 Å². The number of piperidine rings is 1. The summed E-state index contributed by atoms with van der Waals surface area (Å²) in [6, 6.07) is 7.21. The molecule has 0 bridgehead atoms. The van der Waals surface area contributed by atoms with Gasteiger partial charge in [-0.1, -0.05) is 18.2 Å². The van der Waals surface area contributed by atoms with E-state index in [1.54, 1.807) is 0 Å². The number of amides is 2. The molecule has 0 aliphatic carbocycles. The number of para-hydroxylation sites is 1. The van der Waals surface area contributed by atoms with Crippen molar-refractivity contribution in [1.82, 2.24) is 10.2 Å². The van der Waals surface area contributed by atoms with Crippen LogP contribution in [0.1, 0.15) is 18.4 Å². The molecular weight excluding hydrogens is 292 g/mol. The first-order chi connectivity index (χ1) is 10.1. The van der Waals surface area contributed by atoms with Crippen LogP contribution in [0.3, 0.4) is 0 Å². The molecule has 1 atom stereocenters. The number of fused-ring (bicyclic) bond motifs is 1. The minimum absolute atomic E-state index is 0.134. The minimum atomic E-state index is -0.363. The molecule has 6 heteroatoms. The first-order valence-corrected chi connectivity index (χ1v) is 7.15. The summed E-state index contributed by atoms with van der Waals surface area (Å²) in [7, 11) is 1.51. The van der Waals surface area contributed by atoms with E-state index in [4.69, 9.17) is 16.0 Å². The van der Waals surface area contributed by atoms with Gasteiger partial charge in [-0.2, -0.15) is 0 Å². The van der Waals surface area contributed by atoms with Crippen LogP contribution in [0, 0.1) is 0 Å². The molecule has 1 fully saturated rings. The highest BCUT2D eigenvalue weighted by Crippen LogP contribution is 2.29. The molecule has 0 saturated carbocycles. The van der Waals surface area contributed by atoms with Crippen LogP contribution in [0.5, 0.6) is 0 Å². The van der Waals surface area contributed by atoms with Gasteiger partial charge in [0.2, 0.25) is 11.8 Å². The molecule has 110 valence electrons. The Bertz CT molecular complexity index is 710. The summed E-state index contributed by atoms with van der Waals surface area (Å²) < 4.78 is 5.48. The van der Waals surface area contributed by atoms with Gasteiger partial charge in [0.1, 0.15) is 5.58 Å². The van der Waals surface area contributed by atoms with Crippen molar-refractivity contribution in [3.05, 3.63) is 35.0 Å². The minimum Gasteiger partial charge on any atom is -0.444 e. The number of nitrogens with zero attached hydrogens (tertiary/aromatic N) is 1. The number of furan rings is 1. The van der Waals surface area contributed by atoms with Crippen LogP contribution in [-0.4, -0.2) is 29.8 Å². The molecule has 0 radical (unpaired) electrons. The lowest BCUT2D eigenvalue weighted by Crippen LogP contribution is -2.51. The van der Waals surface area contributed by atoms with Crippen LogP contribution in [0.25, 0.3) is 11.0 Å². The second kappa shape index (κ2) is 5.50. The van der Waals surface area contributed by atoms with Crippen molar-refractivity contribution < 1.29 is 14.0 Å². The summed E-state index contributed by atoms with van der Waals surface area (Å²) >= 11 is 6.12. The molecular formula is C15H15ClN2O3. The summed E-state index contributed by atoms with van der Waals surface area (Å²) in [6.45, 7) is 0.425. The molecule has 3 rings (SSSR count). The van der Waals surface area contributed by atoms with Crippen LogP contribution < -0.4 is 5.32 Å². The molecule has 1 aromatic heterocycles. The maximum Gasteiger partial charge on any atom is 0.246 e. The summed E-state index contributed by atoms with van der Waals surface area (Å²) in [5.41, 5.74) is 1.56. The molecule has 1 saturated heterocycles. The average molecular weight is 307 g/mol. The maximum absolute atomic E-state index is 12.0. The van der Waals surface area contributed by atoms with Gasteiger partial charge >= 0.3 is 0 Å². The average Bonchev–Trinajstić information content (AvgIpc) is 2.80. The smallest absolute Gasteiger partial charge is 0.246 e. The maximum atomic E-state index is 12.0. The van der Waals surface area contributed by atoms with Gasteiger partial charge in [-0.25, -0.2) is 0 Å². The van der Waals surface area contributed by atoms with Gasteiger partial charge < -0.3 is 9.73 Å². The summed E-state index contributed by atoms with van der Waals surface area (Å²) in [5, 5.41) is 4.43. The number of likely N-dealkylation sites (N-methyl/N-ethyl adjacent to an activating group) is 1. The standard InChI is InChI=1S/C15H15ClN2O3/c1-18-13(19)7-6-11(15(18)20)17-8-10-9-4-2-3-5-12(9)21-14(10)16/h2-5,11,17H,6-8H2,1H3. The van der Waals surface area contributed by atoms with Gasteiger partial charge in [-0.15, -0.1) is 0 Å². The van der Waals surface area contributed by atoms with E-state index in [0.29, 0.717) is 24.6 Å². The summed E-state index contributed by atoms with van der Waals surface area (Å²) in [4.78, 5) is 24.7. The molecule has 1 N–H and O–H groups in total. The molecule has 0 spiro atoms. The van der Waals surface area contributed by atoms with E-state index in [1.165, 1.54) is 11.9 Å². The monoisotopic (exact) mass is 306 g/mol. The van der Waals surface area contributed by atoms with E-state index in [-0.39, 0.29) is 17.9 Å². The number of benzene rings is 1. The largest absolute Gasteiger partial charge is 0.444 e. The molecule has 1 aliphatic rings. The van der Waals surface area contributed by atoms with Crippen molar-refractivity contribution in [2.24, 2.45) is 0 Å². The molecule has 2 amide bonds. The Balaban J connectivity index is 1.76. The third-order valence-corrected chi connectivity index (χ3v) is 4.13. The highest BCUT2D eigenvalue weighted by molar-refractivity contribution is 6.30. The van der Waals surface area contributed by atoms with Crippen molar-refractivity contribution >= 4 is 34.4 Å². The number of hydrogen-bond acceptors (Lipinski definition) is 4. The SMILES string of the molecule is CN1C(=O)CCC(NCc2c(Cl)oc3ccccc23)C1=O. The first kappa shape index (κ1) is 14.1. The van der Waals surface area contributed by atoms with Gasteiger partial charge in [0.15, 0.2) is 5.22 Å². The van der Waals surface area contributed by atoms with Crippen LogP contribution in [0.15, 0.2) is 28.7 Å². The Morgan fingerprint density at radius 1 is 1.38 bits per heavy atom. The molecule has 5 nitrogen and oxygen atoms in total. The quantitative estimate of drug-likeness (QED) is 0.884. The Morgan fingerprint density at radius 2 is 2.14 bits per heavy atom. The number of likely N-dealkylation sites (tertiary alicyclic amines) is 1. The summed E-state index contributed by atoms with van der Waals surface area (Å²) in [5.74, 6) is -0.333. The fraction of sp³-hybridized carbons (Fsp3) is 0.333. The van der Waals surface area contributed by atoms with E-state index in [2.05, 4.69) is 5.32 Å². The van der Waals surface area contributed by atoms with E-state index in [0.717, 1.165) is 16.5 Å². The number of carbonyl (C=O) groups excluding carboxylic acids is 2. The molecule has 1 aromatic carbocycles. The van der Waals surface area contributed by atoms with Gasteiger partial charge in [0.25, 0.3) is 0 Å². The Kier molecular flexibility index (Phi) is 3.69. The van der Waals surface area contributed by atoms with E-state index >= 15 is 0 Å². The van der Waals surface area contributed by atoms with Crippen LogP contribution in [-0.2, 0) is 16.1 Å². The molecule has 1 unspecified atom stereocenters. The first-order valence-electron chi connectivity index (χ1n) is 6.77. The zero-order chi connectivity index (χ0) is 15.0. The third kappa shape index (κ3) is 2.54. The molecule has 2 aromatic rings. The lowest BCUT2D eigenvalue weighted by molar-refractivity contribution is -0.148. The topological polar surface area (TPSA) is 62.6 Å². The van der Waals surface area contributed by atoms with E-state index in [9.17, 15) is 9.59 Å². The van der Waals surface area contributed by atoms with Crippen molar-refractivity contribution in [2.75, 3.05) is 7.05 Å². The molecule has 2 heterocycles. The summed E-state index contributed by atoms with van der Waals surface area (Å²) in [6.07, 6.45) is 0.884. The van der Waals surface area contributed by atoms with Crippen molar-refractivity contribution in [1.29, 1.82) is 0 Å². The predicted octanol–water partition coefficient (Wildman–Crippen LogP) is 2.32. The Morgan fingerprint density at radius 3 is 2.95 bits per heavy atom. The number of halogens is 1. The third-order valence-electron chi connectivity index (χ3n) is 3.82. The highest BCUT2D eigenvalue weighted by Gasteiger charge is 2.31. The van der Waals surface area contributed by atoms with Crippen LogP contribution in [0.4, 0.5) is 0 Å². The number of hydrogen-bond donors (Lipinski definition) is 1. The Labute approximate surface area is 126 Å². The molecule has 1 aliphatic heterocycles. The van der Waals surface area contributed by atoms with Crippen LogP contribution in [0.2, 0.25) is 5.22 Å². The lowest BCUT2D eigenvalue weighted by Gasteiger charge is -2.28. The second-order valence-corrected chi connectivity index (χ2v) is 5.46. The number of imide groups is 1. The molecule has 21 heavy (non-hydrogen) atoms. The van der Waals surface area contributed by atoms with Gasteiger partial charge in [0.05, 0.1) is 6.04 Å². The van der Waals surface area contributed by atoms with Crippen LogP contribution >= 0.6 is 11.6 Å². The van der Waals surface area contributed by atoms with E-state index in [1.807, 2.05) is 24.3 Å². The zero-order valence-corrected chi connectivity index (χ0v) is 12.3. The van der Waals surface area contributed by atoms with Gasteiger partial charge in [0, 0.05) is 31.0 Å². The van der Waals surface area contributed by atoms with Crippen molar-refractivity contribution in [3.63, 3.8) is 0 Å². The second-order valence-electron chi connectivity index (χ2n) is 5.11. The number of rotatable bonds is 3. The fourth-order valence-electron chi connectivity index (χ4n) is 2.56. The van der Waals surface area contributed by atoms with Gasteiger partial charge in [-0.05, 0) is 24.1 Å². The zero-order valence-electron chi connectivity index (χ0n) is 11.6. The van der Waals surface area contributed by atoms with Gasteiger partial charge in [-0.3, -0.25) is 14.5 Å². The highest BCUT2D eigenvalue weighted by atomic mass is 35.5. The predicted molar refractivity (Wildman–Crippen MR) is 78.9 cm³/mol. The van der Waals surface area contributed by atoms with E-state index < -0.39 is 0 Å². The number of nitrogens with one attached hydrogen (secondary N) is 1.